The van der Waals surface area contributed by atoms with Crippen molar-refractivity contribution in [1.82, 2.24) is 9.97 Å². The number of imidazole rings is 1. The van der Waals surface area contributed by atoms with Gasteiger partial charge in [0.2, 0.25) is 0 Å². The van der Waals surface area contributed by atoms with Crippen molar-refractivity contribution in [3.8, 4) is 11.4 Å². The lowest BCUT2D eigenvalue weighted by molar-refractivity contribution is 0.621. The van der Waals surface area contributed by atoms with Crippen LogP contribution in [-0.4, -0.2) is 9.97 Å². The number of hydrogen-bond donors (Lipinski definition) is 1. The highest BCUT2D eigenvalue weighted by atomic mass is 19.1. The molecule has 3 rings (SSSR count). The van der Waals surface area contributed by atoms with Gasteiger partial charge in [-0.25, -0.2) is 9.37 Å². The average Bonchev–Trinajstić information content (AvgIpc) is 2.76. The first-order valence-electron chi connectivity index (χ1n) is 6.28. The Bertz CT molecular complexity index is 733. The van der Waals surface area contributed by atoms with E-state index in [1.54, 1.807) is 19.1 Å². The third-order valence-corrected chi connectivity index (χ3v) is 3.54. The van der Waals surface area contributed by atoms with Crippen LogP contribution in [0.25, 0.3) is 22.4 Å². The smallest absolute Gasteiger partial charge is 0.141 e. The average molecular weight is 254 g/mol. The predicted molar refractivity (Wildman–Crippen MR) is 75.7 cm³/mol. The van der Waals surface area contributed by atoms with Crippen LogP contribution in [0.5, 0.6) is 0 Å². The van der Waals surface area contributed by atoms with E-state index >= 15 is 0 Å². The van der Waals surface area contributed by atoms with E-state index in [0.717, 1.165) is 11.0 Å². The monoisotopic (exact) mass is 254 g/mol. The molecule has 0 saturated carbocycles. The van der Waals surface area contributed by atoms with E-state index in [9.17, 15) is 4.39 Å². The zero-order valence-electron chi connectivity index (χ0n) is 11.2. The Labute approximate surface area is 111 Å². The summed E-state index contributed by atoms with van der Waals surface area (Å²) in [5.41, 5.74) is 5.36. The molecule has 2 aromatic carbocycles. The van der Waals surface area contributed by atoms with Gasteiger partial charge in [-0.2, -0.15) is 0 Å². The Morgan fingerprint density at radius 3 is 2.53 bits per heavy atom. The SMILES string of the molecule is Cc1cc2nc(-c3cccc(C)c3F)[nH]c2cc1C. The summed E-state index contributed by atoms with van der Waals surface area (Å²) in [5.74, 6) is 0.371. The van der Waals surface area contributed by atoms with Crippen molar-refractivity contribution >= 4 is 11.0 Å². The Morgan fingerprint density at radius 2 is 1.74 bits per heavy atom. The van der Waals surface area contributed by atoms with Gasteiger partial charge in [0.05, 0.1) is 16.6 Å². The molecular formula is C16H15FN2. The molecule has 1 aromatic heterocycles. The number of aromatic amines is 1. The number of aromatic nitrogens is 2. The summed E-state index contributed by atoms with van der Waals surface area (Å²) in [6, 6.07) is 9.43. The zero-order valence-corrected chi connectivity index (χ0v) is 11.2. The molecular weight excluding hydrogens is 239 g/mol. The summed E-state index contributed by atoms with van der Waals surface area (Å²) >= 11 is 0. The molecule has 1 heterocycles. The molecule has 0 fully saturated rings. The molecule has 96 valence electrons. The molecule has 0 spiro atoms. The molecule has 0 bridgehead atoms. The highest BCUT2D eigenvalue weighted by Crippen LogP contribution is 2.26. The number of nitrogens with one attached hydrogen (secondary N) is 1. The summed E-state index contributed by atoms with van der Waals surface area (Å²) in [6.45, 7) is 5.87. The van der Waals surface area contributed by atoms with Crippen LogP contribution in [0.4, 0.5) is 4.39 Å². The van der Waals surface area contributed by atoms with E-state index in [1.807, 2.05) is 12.1 Å². The van der Waals surface area contributed by atoms with Gasteiger partial charge in [-0.15, -0.1) is 0 Å². The number of rotatable bonds is 1. The molecule has 1 N–H and O–H groups in total. The van der Waals surface area contributed by atoms with Gasteiger partial charge in [0.25, 0.3) is 0 Å². The summed E-state index contributed by atoms with van der Waals surface area (Å²) in [7, 11) is 0. The van der Waals surface area contributed by atoms with Crippen LogP contribution in [-0.2, 0) is 0 Å². The molecule has 3 heteroatoms. The number of benzene rings is 2. The lowest BCUT2D eigenvalue weighted by atomic mass is 10.1. The van der Waals surface area contributed by atoms with Gasteiger partial charge in [-0.3, -0.25) is 0 Å². The van der Waals surface area contributed by atoms with E-state index in [2.05, 4.69) is 29.9 Å². The lowest BCUT2D eigenvalue weighted by Crippen LogP contribution is -1.89. The maximum atomic E-state index is 14.1. The second kappa shape index (κ2) is 4.19. The number of hydrogen-bond acceptors (Lipinski definition) is 1. The minimum atomic E-state index is -0.213. The maximum absolute atomic E-state index is 14.1. The van der Waals surface area contributed by atoms with Gasteiger partial charge in [0.1, 0.15) is 11.6 Å². The van der Waals surface area contributed by atoms with Crippen LogP contribution in [0, 0.1) is 26.6 Å². The molecule has 0 atom stereocenters. The lowest BCUT2D eigenvalue weighted by Gasteiger charge is -2.01. The van der Waals surface area contributed by atoms with Crippen molar-refractivity contribution in [2.75, 3.05) is 0 Å². The fourth-order valence-electron chi connectivity index (χ4n) is 2.23. The topological polar surface area (TPSA) is 28.7 Å². The second-order valence-electron chi connectivity index (χ2n) is 4.98. The molecule has 19 heavy (non-hydrogen) atoms. The minimum absolute atomic E-state index is 0.213. The van der Waals surface area contributed by atoms with Crippen LogP contribution < -0.4 is 0 Å². The maximum Gasteiger partial charge on any atom is 0.141 e. The molecule has 2 nitrogen and oxygen atoms in total. The zero-order chi connectivity index (χ0) is 13.6. The molecule has 0 aliphatic heterocycles. The van der Waals surface area contributed by atoms with Crippen LogP contribution in [0.1, 0.15) is 16.7 Å². The minimum Gasteiger partial charge on any atom is -0.338 e. The van der Waals surface area contributed by atoms with Gasteiger partial charge in [-0.1, -0.05) is 12.1 Å². The van der Waals surface area contributed by atoms with Crippen LogP contribution in [0.15, 0.2) is 30.3 Å². The summed E-state index contributed by atoms with van der Waals surface area (Å²) in [4.78, 5) is 7.69. The van der Waals surface area contributed by atoms with E-state index in [1.165, 1.54) is 11.1 Å². The van der Waals surface area contributed by atoms with Crippen LogP contribution >= 0.6 is 0 Å². The third-order valence-electron chi connectivity index (χ3n) is 3.54. The number of halogens is 1. The Morgan fingerprint density at radius 1 is 1.00 bits per heavy atom. The molecule has 0 saturated heterocycles. The van der Waals surface area contributed by atoms with Crippen LogP contribution in [0.3, 0.4) is 0 Å². The highest BCUT2D eigenvalue weighted by molar-refractivity contribution is 5.81. The van der Waals surface area contributed by atoms with Gasteiger partial charge in [-0.05, 0) is 55.7 Å². The molecule has 0 aliphatic carbocycles. The molecule has 0 radical (unpaired) electrons. The molecule has 0 aliphatic rings. The van der Waals surface area contributed by atoms with Gasteiger partial charge in [0.15, 0.2) is 0 Å². The van der Waals surface area contributed by atoms with Crippen LogP contribution in [0.2, 0.25) is 0 Å². The fourth-order valence-corrected chi connectivity index (χ4v) is 2.23. The quantitative estimate of drug-likeness (QED) is 0.689. The first-order valence-corrected chi connectivity index (χ1v) is 6.28. The van der Waals surface area contributed by atoms with Crippen molar-refractivity contribution in [2.45, 2.75) is 20.8 Å². The van der Waals surface area contributed by atoms with E-state index in [4.69, 9.17) is 0 Å². The first-order chi connectivity index (χ1) is 9.06. The van der Waals surface area contributed by atoms with Crippen molar-refractivity contribution in [1.29, 1.82) is 0 Å². The molecule has 3 aromatic rings. The second-order valence-corrected chi connectivity index (χ2v) is 4.98. The molecule has 0 unspecified atom stereocenters. The van der Waals surface area contributed by atoms with Crippen molar-refractivity contribution < 1.29 is 4.39 Å². The van der Waals surface area contributed by atoms with Crippen molar-refractivity contribution in [3.63, 3.8) is 0 Å². The Kier molecular flexibility index (Phi) is 2.63. The van der Waals surface area contributed by atoms with Crippen molar-refractivity contribution in [2.24, 2.45) is 0 Å². The largest absolute Gasteiger partial charge is 0.338 e. The van der Waals surface area contributed by atoms with Gasteiger partial charge >= 0.3 is 0 Å². The summed E-state index contributed by atoms with van der Waals surface area (Å²) in [5, 5.41) is 0. The Balaban J connectivity index is 2.23. The Hall–Kier alpha value is -2.16. The van der Waals surface area contributed by atoms with E-state index in [0.29, 0.717) is 17.0 Å². The summed E-state index contributed by atoms with van der Waals surface area (Å²) < 4.78 is 14.1. The third kappa shape index (κ3) is 1.91. The number of nitrogens with zero attached hydrogens (tertiary/aromatic N) is 1. The number of fused-ring (bicyclic) bond motifs is 1. The number of H-pyrrole nitrogens is 1. The summed E-state index contributed by atoms with van der Waals surface area (Å²) in [6.07, 6.45) is 0. The fraction of sp³-hybridized carbons (Fsp3) is 0.188. The standard InChI is InChI=1S/C16H15FN2/c1-9-5-4-6-12(15(9)17)16-18-13-7-10(2)11(3)8-14(13)19-16/h4-8H,1-3H3,(H,18,19). The normalized spacial score (nSPS) is 11.2. The number of aryl methyl sites for hydroxylation is 3. The van der Waals surface area contributed by atoms with Gasteiger partial charge < -0.3 is 4.98 Å². The van der Waals surface area contributed by atoms with Crippen molar-refractivity contribution in [3.05, 3.63) is 52.8 Å². The van der Waals surface area contributed by atoms with E-state index < -0.39 is 0 Å². The van der Waals surface area contributed by atoms with E-state index in [-0.39, 0.29) is 5.82 Å². The molecule has 0 amide bonds. The van der Waals surface area contributed by atoms with Gasteiger partial charge in [0, 0.05) is 0 Å². The highest BCUT2D eigenvalue weighted by Gasteiger charge is 2.12. The first kappa shape index (κ1) is 11.9. The predicted octanol–water partition coefficient (Wildman–Crippen LogP) is 4.29.